The predicted octanol–water partition coefficient (Wildman–Crippen LogP) is 5.18. The minimum atomic E-state index is -3.11. The van der Waals surface area contributed by atoms with Crippen molar-refractivity contribution in [2.75, 3.05) is 18.6 Å². The van der Waals surface area contributed by atoms with Crippen molar-refractivity contribution in [1.29, 1.82) is 0 Å². The number of carbonyl (C=O) groups is 3. The number of amides is 1. The Morgan fingerprint density at radius 1 is 1.18 bits per heavy atom. The lowest BCUT2D eigenvalue weighted by atomic mass is 10.0. The van der Waals surface area contributed by atoms with Gasteiger partial charge in [0.15, 0.2) is 23.0 Å². The van der Waals surface area contributed by atoms with Crippen LogP contribution in [0.5, 0.6) is 11.5 Å². The van der Waals surface area contributed by atoms with E-state index in [4.69, 9.17) is 18.9 Å². The van der Waals surface area contributed by atoms with Crippen molar-refractivity contribution >= 4 is 23.8 Å². The van der Waals surface area contributed by atoms with Crippen LogP contribution in [0.1, 0.15) is 63.4 Å². The number of ether oxygens (including phenoxy) is 5. The van der Waals surface area contributed by atoms with Crippen LogP contribution >= 0.6 is 0 Å². The summed E-state index contributed by atoms with van der Waals surface area (Å²) >= 11 is 0. The number of esters is 1. The molecule has 1 aliphatic heterocycles. The SMILES string of the molecule is COC(=O)c1ccc(N2C(C(=O)O)=C(C(C)NC(=O)OC(C)(C)C)O[C@@]2(C)c2ccc(OC(F)F)c(OCC3CC3)c2)nc1. The highest BCUT2D eigenvalue weighted by molar-refractivity contribution is 5.94. The van der Waals surface area contributed by atoms with E-state index in [0.29, 0.717) is 5.56 Å². The summed E-state index contributed by atoms with van der Waals surface area (Å²) in [7, 11) is 1.21. The molecule has 1 aromatic carbocycles. The Hall–Kier alpha value is -4.62. The first-order chi connectivity index (χ1) is 20.6. The lowest BCUT2D eigenvalue weighted by Crippen LogP contribution is -2.42. The molecule has 0 saturated heterocycles. The number of nitrogens with one attached hydrogen (secondary N) is 1. The minimum Gasteiger partial charge on any atom is -0.489 e. The third kappa shape index (κ3) is 7.29. The van der Waals surface area contributed by atoms with Crippen molar-refractivity contribution in [1.82, 2.24) is 10.3 Å². The van der Waals surface area contributed by atoms with Gasteiger partial charge in [-0.25, -0.2) is 19.4 Å². The zero-order valence-corrected chi connectivity index (χ0v) is 25.2. The Morgan fingerprint density at radius 2 is 1.89 bits per heavy atom. The average Bonchev–Trinajstić information content (AvgIpc) is 3.71. The van der Waals surface area contributed by atoms with E-state index in [0.717, 1.165) is 12.8 Å². The summed E-state index contributed by atoms with van der Waals surface area (Å²) in [4.78, 5) is 43.0. The first kappa shape index (κ1) is 32.3. The first-order valence-electron chi connectivity index (χ1n) is 13.9. The predicted molar refractivity (Wildman–Crippen MR) is 151 cm³/mol. The van der Waals surface area contributed by atoms with Crippen LogP contribution in [0, 0.1) is 5.92 Å². The number of rotatable bonds is 11. The summed E-state index contributed by atoms with van der Waals surface area (Å²) in [5.74, 6) is -2.05. The van der Waals surface area contributed by atoms with Crippen LogP contribution in [0.25, 0.3) is 0 Å². The fourth-order valence-electron chi connectivity index (χ4n) is 4.55. The van der Waals surface area contributed by atoms with Crippen LogP contribution in [0.2, 0.25) is 0 Å². The molecule has 0 spiro atoms. The molecule has 2 aromatic rings. The number of carbonyl (C=O) groups excluding carboxylic acids is 2. The van der Waals surface area contributed by atoms with Gasteiger partial charge < -0.3 is 34.1 Å². The van der Waals surface area contributed by atoms with Gasteiger partial charge >= 0.3 is 24.6 Å². The van der Waals surface area contributed by atoms with Gasteiger partial charge in [0.25, 0.3) is 0 Å². The molecule has 2 aliphatic rings. The van der Waals surface area contributed by atoms with Gasteiger partial charge in [0.1, 0.15) is 11.4 Å². The molecule has 1 aliphatic carbocycles. The summed E-state index contributed by atoms with van der Waals surface area (Å²) in [6.45, 7) is 5.27. The third-order valence-electron chi connectivity index (χ3n) is 6.79. The molecule has 14 heteroatoms. The van der Waals surface area contributed by atoms with Crippen molar-refractivity contribution < 1.29 is 52.0 Å². The van der Waals surface area contributed by atoms with Crippen LogP contribution in [0.3, 0.4) is 0 Å². The molecule has 1 saturated carbocycles. The Bertz CT molecular complexity index is 1440. The highest BCUT2D eigenvalue weighted by Crippen LogP contribution is 2.47. The van der Waals surface area contributed by atoms with Gasteiger partial charge in [0.05, 0.1) is 25.3 Å². The number of pyridine rings is 1. The highest BCUT2D eigenvalue weighted by Gasteiger charge is 2.51. The van der Waals surface area contributed by atoms with E-state index >= 15 is 0 Å². The molecule has 0 radical (unpaired) electrons. The molecule has 2 atom stereocenters. The monoisotopic (exact) mass is 619 g/mol. The number of aromatic nitrogens is 1. The summed E-state index contributed by atoms with van der Waals surface area (Å²) in [6, 6.07) is 5.95. The highest BCUT2D eigenvalue weighted by atomic mass is 19.3. The maximum absolute atomic E-state index is 13.2. The molecule has 2 N–H and O–H groups in total. The molecule has 1 amide bonds. The van der Waals surface area contributed by atoms with Gasteiger partial charge in [-0.2, -0.15) is 8.78 Å². The molecule has 2 heterocycles. The van der Waals surface area contributed by atoms with Crippen LogP contribution in [-0.2, 0) is 24.7 Å². The second-order valence-electron chi connectivity index (χ2n) is 11.5. The van der Waals surface area contributed by atoms with E-state index in [1.807, 2.05) is 0 Å². The Labute approximate surface area is 252 Å². The third-order valence-corrected chi connectivity index (χ3v) is 6.79. The second kappa shape index (κ2) is 12.5. The Kier molecular flexibility index (Phi) is 9.21. The van der Waals surface area contributed by atoms with Gasteiger partial charge in [-0.15, -0.1) is 0 Å². The molecule has 4 rings (SSSR count). The van der Waals surface area contributed by atoms with Crippen molar-refractivity contribution in [3.8, 4) is 11.5 Å². The van der Waals surface area contributed by atoms with Gasteiger partial charge in [-0.3, -0.25) is 4.90 Å². The summed E-state index contributed by atoms with van der Waals surface area (Å²) in [5.41, 5.74) is -2.46. The first-order valence-corrected chi connectivity index (χ1v) is 13.9. The Balaban J connectivity index is 1.82. The number of carboxylic acids is 1. The molecule has 1 unspecified atom stereocenters. The van der Waals surface area contributed by atoms with Crippen molar-refractivity contribution in [3.05, 3.63) is 59.1 Å². The smallest absolute Gasteiger partial charge is 0.408 e. The second-order valence-corrected chi connectivity index (χ2v) is 11.5. The van der Waals surface area contributed by atoms with E-state index < -0.39 is 42.0 Å². The normalized spacial score (nSPS) is 18.9. The van der Waals surface area contributed by atoms with Crippen LogP contribution in [0.4, 0.5) is 19.4 Å². The molecular formula is C30H35F2N3O9. The fraction of sp³-hybridized carbons (Fsp3) is 0.467. The van der Waals surface area contributed by atoms with Crippen molar-refractivity contribution in [3.63, 3.8) is 0 Å². The standard InChI is InChI=1S/C30H35F2N3O9/c1-16(34-28(39)44-29(2,3)4)24-23(25(36)37)35(22-12-9-18(14-33-22)26(38)40-6)30(5,43-24)19-10-11-20(42-27(31)32)21(13-19)41-15-17-7-8-17/h9-14,16-17,27H,7-8,15H2,1-6H3,(H,34,39)(H,36,37)/t16?,30-/m0/s1. The van der Waals surface area contributed by atoms with Crippen LogP contribution in [0.15, 0.2) is 48.0 Å². The number of alkyl halides is 2. The van der Waals surface area contributed by atoms with E-state index in [-0.39, 0.29) is 46.9 Å². The molecule has 0 bridgehead atoms. The summed E-state index contributed by atoms with van der Waals surface area (Å²) in [6.07, 6.45) is 2.30. The van der Waals surface area contributed by atoms with Gasteiger partial charge in [-0.1, -0.05) is 0 Å². The molecule has 44 heavy (non-hydrogen) atoms. The average molecular weight is 620 g/mol. The zero-order valence-electron chi connectivity index (χ0n) is 25.2. The number of hydrogen-bond donors (Lipinski definition) is 2. The molecule has 1 fully saturated rings. The van der Waals surface area contributed by atoms with Crippen molar-refractivity contribution in [2.45, 2.75) is 71.4 Å². The van der Waals surface area contributed by atoms with E-state index in [1.165, 1.54) is 55.5 Å². The number of nitrogens with zero attached hydrogens (tertiary/aromatic N) is 2. The van der Waals surface area contributed by atoms with Crippen LogP contribution in [-0.4, -0.2) is 60.1 Å². The molecule has 1 aromatic heterocycles. The number of anilines is 1. The number of hydrogen-bond acceptors (Lipinski definition) is 10. The maximum atomic E-state index is 13.2. The lowest BCUT2D eigenvalue weighted by molar-refractivity contribution is -0.132. The number of benzene rings is 1. The lowest BCUT2D eigenvalue weighted by Gasteiger charge is -2.36. The molecule has 12 nitrogen and oxygen atoms in total. The van der Waals surface area contributed by atoms with E-state index in [1.54, 1.807) is 27.7 Å². The maximum Gasteiger partial charge on any atom is 0.408 e. The topological polar surface area (TPSA) is 146 Å². The number of carboxylic acid groups (broad SMARTS) is 1. The van der Waals surface area contributed by atoms with Gasteiger partial charge in [-0.05, 0) is 83.7 Å². The Morgan fingerprint density at radius 3 is 2.43 bits per heavy atom. The zero-order chi connectivity index (χ0) is 32.4. The number of aliphatic carboxylic acids is 1. The summed E-state index contributed by atoms with van der Waals surface area (Å²) in [5, 5.41) is 13.0. The molecular weight excluding hydrogens is 584 g/mol. The number of alkyl carbamates (subject to hydrolysis) is 1. The quantitative estimate of drug-likeness (QED) is 0.321. The largest absolute Gasteiger partial charge is 0.489 e. The van der Waals surface area contributed by atoms with Crippen molar-refractivity contribution in [2.24, 2.45) is 5.92 Å². The van der Waals surface area contributed by atoms with E-state index in [2.05, 4.69) is 15.0 Å². The van der Waals surface area contributed by atoms with Crippen LogP contribution < -0.4 is 19.7 Å². The number of methoxy groups -OCH3 is 1. The summed E-state index contributed by atoms with van der Waals surface area (Å²) < 4.78 is 53.4. The fourth-order valence-corrected chi connectivity index (χ4v) is 4.55. The van der Waals surface area contributed by atoms with Gasteiger partial charge in [0, 0.05) is 11.8 Å². The van der Waals surface area contributed by atoms with E-state index in [9.17, 15) is 28.3 Å². The minimum absolute atomic E-state index is 0.0127. The van der Waals surface area contributed by atoms with Gasteiger partial charge in [0.2, 0.25) is 5.72 Å². The number of halogens is 2. The molecule has 238 valence electrons.